The van der Waals surface area contributed by atoms with Crippen LogP contribution in [-0.2, 0) is 0 Å². The lowest BCUT2D eigenvalue weighted by molar-refractivity contribution is 0.413. The quantitative estimate of drug-likeness (QED) is 0.223. The minimum atomic E-state index is -3.04. The van der Waals surface area contributed by atoms with E-state index < -0.39 is 86.5 Å². The summed E-state index contributed by atoms with van der Waals surface area (Å²) in [7, 11) is -3.04. The molecule has 0 saturated carbocycles. The Hall–Kier alpha value is -2.47. The fourth-order valence-electron chi connectivity index (χ4n) is 2.65. The van der Waals surface area contributed by atoms with Crippen LogP contribution < -0.4 is 5.46 Å². The second-order valence-electron chi connectivity index (χ2n) is 5.11. The molecular weight excluding hydrogens is 382 g/mol. The minimum Gasteiger partial charge on any atom is -0.423 e. The van der Waals surface area contributed by atoms with Gasteiger partial charge in [-0.25, -0.2) is 39.5 Å². The van der Waals surface area contributed by atoms with E-state index in [0.717, 1.165) is 0 Å². The van der Waals surface area contributed by atoms with E-state index in [-0.39, 0.29) is 0 Å². The van der Waals surface area contributed by atoms with Crippen LogP contribution in [0.15, 0.2) is 0 Å². The molecular formula is C14H2BF9O2. The van der Waals surface area contributed by atoms with E-state index in [9.17, 15) is 39.5 Å². The topological polar surface area (TPSA) is 40.5 Å². The van der Waals surface area contributed by atoms with Gasteiger partial charge in [0.25, 0.3) is 0 Å². The van der Waals surface area contributed by atoms with Gasteiger partial charge in [-0.2, -0.15) is 0 Å². The second-order valence-corrected chi connectivity index (χ2v) is 5.11. The largest absolute Gasteiger partial charge is 0.492 e. The maximum Gasteiger partial charge on any atom is 0.492 e. The van der Waals surface area contributed by atoms with Gasteiger partial charge in [-0.05, 0) is 0 Å². The van der Waals surface area contributed by atoms with E-state index in [1.165, 1.54) is 0 Å². The Morgan fingerprint density at radius 1 is 0.385 bits per heavy atom. The Labute approximate surface area is 137 Å². The molecule has 0 fully saturated rings. The highest BCUT2D eigenvalue weighted by atomic mass is 19.2. The summed E-state index contributed by atoms with van der Waals surface area (Å²) in [6, 6.07) is 0. The summed E-state index contributed by atoms with van der Waals surface area (Å²) < 4.78 is 125. The van der Waals surface area contributed by atoms with Crippen molar-refractivity contribution in [1.29, 1.82) is 0 Å². The first-order chi connectivity index (χ1) is 12.0. The van der Waals surface area contributed by atoms with E-state index in [1.54, 1.807) is 0 Å². The summed E-state index contributed by atoms with van der Waals surface area (Å²) in [6.07, 6.45) is 0. The van der Waals surface area contributed by atoms with Crippen LogP contribution in [0, 0.1) is 52.4 Å². The number of hydrogen-bond donors (Lipinski definition) is 2. The van der Waals surface area contributed by atoms with Gasteiger partial charge >= 0.3 is 7.12 Å². The van der Waals surface area contributed by atoms with E-state index >= 15 is 0 Å². The summed E-state index contributed by atoms with van der Waals surface area (Å²) in [6.45, 7) is 0. The van der Waals surface area contributed by atoms with Crippen LogP contribution in [0.1, 0.15) is 0 Å². The highest BCUT2D eigenvalue weighted by Crippen LogP contribution is 2.37. The molecule has 0 aliphatic carbocycles. The Morgan fingerprint density at radius 3 is 1.08 bits per heavy atom. The average Bonchev–Trinajstić information content (AvgIpc) is 2.58. The molecule has 3 aromatic rings. The van der Waals surface area contributed by atoms with E-state index in [0.29, 0.717) is 0 Å². The Balaban J connectivity index is 2.82. The van der Waals surface area contributed by atoms with Gasteiger partial charge in [0.15, 0.2) is 40.7 Å². The van der Waals surface area contributed by atoms with Crippen molar-refractivity contribution in [2.75, 3.05) is 0 Å². The highest BCUT2D eigenvalue weighted by molar-refractivity contribution is 6.62. The third-order valence-electron chi connectivity index (χ3n) is 3.76. The SMILES string of the molecule is OB(O)c1c(F)c(F)c(F)c2c(F)c3c(F)c(F)c(F)c(F)c3c(F)c12. The van der Waals surface area contributed by atoms with Crippen molar-refractivity contribution < 1.29 is 49.6 Å². The molecule has 0 bridgehead atoms. The fraction of sp³-hybridized carbons (Fsp3) is 0. The first kappa shape index (κ1) is 18.3. The minimum absolute atomic E-state index is 1.72. The predicted octanol–water partition coefficient (Wildman–Crippen LogP) is 2.92. The third kappa shape index (κ3) is 2.11. The van der Waals surface area contributed by atoms with Crippen LogP contribution in [0.2, 0.25) is 0 Å². The number of hydrogen-bond acceptors (Lipinski definition) is 2. The highest BCUT2D eigenvalue weighted by Gasteiger charge is 2.35. The standard InChI is InChI=1S/C14H2BF9O2/c16-6-1-2(8(18)12(22)11(21)5(1)15(25)26)7(17)4-3(6)9(19)13(23)14(24)10(4)20/h25-26H. The van der Waals surface area contributed by atoms with Crippen molar-refractivity contribution in [3.05, 3.63) is 52.4 Å². The Morgan fingerprint density at radius 2 is 0.692 bits per heavy atom. The molecule has 0 spiro atoms. The molecule has 2 nitrogen and oxygen atoms in total. The molecule has 3 rings (SSSR count). The van der Waals surface area contributed by atoms with Crippen LogP contribution in [0.4, 0.5) is 39.5 Å². The fourth-order valence-corrected chi connectivity index (χ4v) is 2.65. The average molecular weight is 384 g/mol. The molecule has 0 aliphatic heterocycles. The van der Waals surface area contributed by atoms with Crippen molar-refractivity contribution in [3.63, 3.8) is 0 Å². The number of rotatable bonds is 1. The summed E-state index contributed by atoms with van der Waals surface area (Å²) in [5, 5.41) is 10.8. The predicted molar refractivity (Wildman–Crippen MR) is 70.9 cm³/mol. The van der Waals surface area contributed by atoms with Crippen molar-refractivity contribution in [3.8, 4) is 0 Å². The van der Waals surface area contributed by atoms with Gasteiger partial charge in [0.1, 0.15) is 11.6 Å². The zero-order valence-electron chi connectivity index (χ0n) is 11.9. The number of benzene rings is 3. The molecule has 0 saturated heterocycles. The van der Waals surface area contributed by atoms with Crippen LogP contribution in [0.25, 0.3) is 21.5 Å². The summed E-state index contributed by atoms with van der Waals surface area (Å²) in [5.74, 6) is -21.8. The van der Waals surface area contributed by atoms with Gasteiger partial charge in [0, 0.05) is 10.8 Å². The molecule has 0 heterocycles. The molecule has 0 aromatic heterocycles. The van der Waals surface area contributed by atoms with Gasteiger partial charge in [0.2, 0.25) is 0 Å². The van der Waals surface area contributed by atoms with Gasteiger partial charge in [-0.1, -0.05) is 0 Å². The maximum atomic E-state index is 14.6. The van der Waals surface area contributed by atoms with Crippen LogP contribution >= 0.6 is 0 Å². The van der Waals surface area contributed by atoms with Crippen molar-refractivity contribution >= 4 is 34.1 Å². The summed E-state index contributed by atoms with van der Waals surface area (Å²) in [4.78, 5) is 0. The van der Waals surface area contributed by atoms with Gasteiger partial charge in [-0.3, -0.25) is 0 Å². The number of halogens is 9. The molecule has 0 unspecified atom stereocenters. The molecule has 0 radical (unpaired) electrons. The molecule has 136 valence electrons. The van der Waals surface area contributed by atoms with Gasteiger partial charge in [0.05, 0.1) is 16.2 Å². The van der Waals surface area contributed by atoms with Crippen molar-refractivity contribution in [2.45, 2.75) is 0 Å². The molecule has 26 heavy (non-hydrogen) atoms. The Bertz CT molecular complexity index is 1110. The molecule has 12 heteroatoms. The third-order valence-corrected chi connectivity index (χ3v) is 3.76. The second kappa shape index (κ2) is 5.78. The lowest BCUT2D eigenvalue weighted by atomic mass is 9.75. The van der Waals surface area contributed by atoms with Crippen LogP contribution in [0.5, 0.6) is 0 Å². The molecule has 0 amide bonds. The summed E-state index contributed by atoms with van der Waals surface area (Å²) >= 11 is 0. The van der Waals surface area contributed by atoms with E-state index in [1.807, 2.05) is 0 Å². The van der Waals surface area contributed by atoms with E-state index in [4.69, 9.17) is 10.0 Å². The van der Waals surface area contributed by atoms with Crippen LogP contribution in [0.3, 0.4) is 0 Å². The molecule has 0 atom stereocenters. The summed E-state index contributed by atoms with van der Waals surface area (Å²) in [5.41, 5.74) is -1.75. The normalized spacial score (nSPS) is 11.7. The van der Waals surface area contributed by atoms with Crippen LogP contribution in [-0.4, -0.2) is 17.2 Å². The first-order valence-corrected chi connectivity index (χ1v) is 6.51. The maximum absolute atomic E-state index is 14.6. The Kier molecular flexibility index (Phi) is 4.07. The van der Waals surface area contributed by atoms with E-state index in [2.05, 4.69) is 0 Å². The van der Waals surface area contributed by atoms with Gasteiger partial charge in [-0.15, -0.1) is 0 Å². The van der Waals surface area contributed by atoms with Gasteiger partial charge < -0.3 is 10.0 Å². The lowest BCUT2D eigenvalue weighted by Crippen LogP contribution is -2.35. The molecule has 3 aromatic carbocycles. The lowest BCUT2D eigenvalue weighted by Gasteiger charge is -2.15. The zero-order valence-corrected chi connectivity index (χ0v) is 11.9. The molecule has 2 N–H and O–H groups in total. The number of fused-ring (bicyclic) bond motifs is 2. The van der Waals surface area contributed by atoms with Crippen molar-refractivity contribution in [1.82, 2.24) is 0 Å². The monoisotopic (exact) mass is 384 g/mol. The first-order valence-electron chi connectivity index (χ1n) is 6.51. The van der Waals surface area contributed by atoms with Crippen molar-refractivity contribution in [2.24, 2.45) is 0 Å². The zero-order chi connectivity index (χ0) is 19.7. The smallest absolute Gasteiger partial charge is 0.423 e. The molecule has 0 aliphatic rings.